The maximum atomic E-state index is 15.2. The van der Waals surface area contributed by atoms with Crippen LogP contribution in [0.2, 0.25) is 0 Å². The van der Waals surface area contributed by atoms with Gasteiger partial charge in [0.1, 0.15) is 0 Å². The van der Waals surface area contributed by atoms with E-state index >= 15 is 8.78 Å². The zero-order chi connectivity index (χ0) is 32.0. The van der Waals surface area contributed by atoms with Gasteiger partial charge in [0, 0.05) is 22.6 Å². The van der Waals surface area contributed by atoms with Crippen LogP contribution in [0.5, 0.6) is 5.75 Å². The van der Waals surface area contributed by atoms with E-state index in [4.69, 9.17) is 14.2 Å². The molecule has 45 heavy (non-hydrogen) atoms. The summed E-state index contributed by atoms with van der Waals surface area (Å²) < 4.78 is 77.3. The summed E-state index contributed by atoms with van der Waals surface area (Å²) in [6, 6.07) is 12.1. The van der Waals surface area contributed by atoms with E-state index in [9.17, 15) is 8.78 Å². The SMILES string of the molecule is CCCCCCCCCOc1ccc(-c2ccc(-c3ccc(C4OCC(CCCCCCC)CO4)c(F)c3F)cc2)c(F)c1F. The second-order valence-electron chi connectivity index (χ2n) is 12.2. The van der Waals surface area contributed by atoms with Crippen molar-refractivity contribution in [2.75, 3.05) is 19.8 Å². The molecule has 0 bridgehead atoms. The van der Waals surface area contributed by atoms with Gasteiger partial charge in [0.15, 0.2) is 29.5 Å². The number of rotatable bonds is 18. The van der Waals surface area contributed by atoms with Crippen molar-refractivity contribution >= 4 is 0 Å². The zero-order valence-corrected chi connectivity index (χ0v) is 26.8. The first-order valence-electron chi connectivity index (χ1n) is 16.9. The predicted octanol–water partition coefficient (Wildman–Crippen LogP) is 11.7. The van der Waals surface area contributed by atoms with E-state index in [0.717, 1.165) is 32.1 Å². The lowest BCUT2D eigenvalue weighted by atomic mass is 9.98. The molecule has 0 aliphatic carbocycles. The van der Waals surface area contributed by atoms with Crippen molar-refractivity contribution in [2.24, 2.45) is 5.92 Å². The fourth-order valence-electron chi connectivity index (χ4n) is 5.83. The first-order valence-corrected chi connectivity index (χ1v) is 16.9. The van der Waals surface area contributed by atoms with Gasteiger partial charge in [-0.05, 0) is 36.1 Å². The molecule has 0 saturated carbocycles. The summed E-state index contributed by atoms with van der Waals surface area (Å²) in [7, 11) is 0. The molecule has 0 atom stereocenters. The number of hydrogen-bond acceptors (Lipinski definition) is 3. The highest BCUT2D eigenvalue weighted by atomic mass is 19.2. The average molecular weight is 629 g/mol. The highest BCUT2D eigenvalue weighted by Crippen LogP contribution is 2.35. The van der Waals surface area contributed by atoms with Gasteiger partial charge >= 0.3 is 0 Å². The van der Waals surface area contributed by atoms with Gasteiger partial charge in [-0.3, -0.25) is 0 Å². The monoisotopic (exact) mass is 628 g/mol. The van der Waals surface area contributed by atoms with Crippen molar-refractivity contribution in [3.63, 3.8) is 0 Å². The molecule has 4 rings (SSSR count). The van der Waals surface area contributed by atoms with Gasteiger partial charge in [-0.15, -0.1) is 0 Å². The highest BCUT2D eigenvalue weighted by Gasteiger charge is 2.28. The molecule has 246 valence electrons. The molecule has 0 N–H and O–H groups in total. The van der Waals surface area contributed by atoms with E-state index in [0.29, 0.717) is 30.9 Å². The molecule has 0 aromatic heterocycles. The highest BCUT2D eigenvalue weighted by molar-refractivity contribution is 5.71. The lowest BCUT2D eigenvalue weighted by molar-refractivity contribution is -0.207. The average Bonchev–Trinajstić information content (AvgIpc) is 3.06. The minimum Gasteiger partial charge on any atom is -0.490 e. The van der Waals surface area contributed by atoms with Crippen LogP contribution in [0, 0.1) is 29.2 Å². The van der Waals surface area contributed by atoms with Gasteiger partial charge < -0.3 is 14.2 Å². The first kappa shape index (κ1) is 35.0. The second-order valence-corrected chi connectivity index (χ2v) is 12.2. The van der Waals surface area contributed by atoms with Crippen molar-refractivity contribution < 1.29 is 31.8 Å². The van der Waals surface area contributed by atoms with Gasteiger partial charge in [-0.1, -0.05) is 121 Å². The predicted molar refractivity (Wildman–Crippen MR) is 172 cm³/mol. The Hall–Kier alpha value is -2.90. The minimum atomic E-state index is -1.03. The van der Waals surface area contributed by atoms with Crippen molar-refractivity contribution in [2.45, 2.75) is 104 Å². The van der Waals surface area contributed by atoms with Crippen molar-refractivity contribution in [3.05, 3.63) is 77.4 Å². The Labute approximate surface area is 266 Å². The van der Waals surface area contributed by atoms with Crippen LogP contribution in [-0.2, 0) is 9.47 Å². The van der Waals surface area contributed by atoms with Gasteiger partial charge in [0.25, 0.3) is 0 Å². The van der Waals surface area contributed by atoms with Gasteiger partial charge in [-0.2, -0.15) is 4.39 Å². The van der Waals surface area contributed by atoms with Crippen LogP contribution in [0.15, 0.2) is 48.5 Å². The van der Waals surface area contributed by atoms with Crippen molar-refractivity contribution in [1.82, 2.24) is 0 Å². The molecule has 1 heterocycles. The number of benzene rings is 3. The topological polar surface area (TPSA) is 27.7 Å². The molecule has 3 aromatic rings. The molecular formula is C38H48F4O3. The Morgan fingerprint density at radius 3 is 1.69 bits per heavy atom. The molecule has 1 fully saturated rings. The Balaban J connectivity index is 1.33. The molecule has 3 aromatic carbocycles. The molecule has 3 nitrogen and oxygen atoms in total. The molecule has 0 amide bonds. The fraction of sp³-hybridized carbons (Fsp3) is 0.526. The zero-order valence-electron chi connectivity index (χ0n) is 26.8. The maximum Gasteiger partial charge on any atom is 0.201 e. The van der Waals surface area contributed by atoms with E-state index < -0.39 is 29.6 Å². The molecule has 1 aliphatic rings. The molecule has 7 heteroatoms. The van der Waals surface area contributed by atoms with Gasteiger partial charge in [-0.25, -0.2) is 13.2 Å². The van der Waals surface area contributed by atoms with E-state index in [-0.39, 0.29) is 28.4 Å². The number of ether oxygens (including phenoxy) is 3. The lowest BCUT2D eigenvalue weighted by Crippen LogP contribution is -2.27. The Morgan fingerprint density at radius 2 is 1.09 bits per heavy atom. The fourth-order valence-corrected chi connectivity index (χ4v) is 5.83. The molecule has 1 saturated heterocycles. The summed E-state index contributed by atoms with van der Waals surface area (Å²) in [6.45, 7) is 5.60. The third-order valence-electron chi connectivity index (χ3n) is 8.61. The molecule has 0 spiro atoms. The van der Waals surface area contributed by atoms with Crippen LogP contribution in [0.25, 0.3) is 22.3 Å². The van der Waals surface area contributed by atoms with Crippen LogP contribution in [0.4, 0.5) is 17.6 Å². The standard InChI is InChI=1S/C38H48F4O3/c1-3-5-7-9-10-12-14-24-43-33-23-22-31(35(40)37(33)42)29-18-16-28(17-19-29)30-20-21-32(36(41)34(30)39)38-44-25-27(26-45-38)15-13-11-8-6-4-2/h16-23,27,38H,3-15,24-26H2,1-2H3. The molecular weight excluding hydrogens is 580 g/mol. The van der Waals surface area contributed by atoms with Crippen LogP contribution in [0.3, 0.4) is 0 Å². The number of unbranched alkanes of at least 4 members (excludes halogenated alkanes) is 10. The summed E-state index contributed by atoms with van der Waals surface area (Å²) >= 11 is 0. The third kappa shape index (κ3) is 9.79. The summed E-state index contributed by atoms with van der Waals surface area (Å²) in [6.07, 6.45) is 13.7. The van der Waals surface area contributed by atoms with E-state index in [1.807, 2.05) is 0 Å². The second kappa shape index (κ2) is 18.3. The normalized spacial score (nSPS) is 16.7. The van der Waals surface area contributed by atoms with Gasteiger partial charge in [0.05, 0.1) is 19.8 Å². The Kier molecular flexibility index (Phi) is 14.2. The van der Waals surface area contributed by atoms with E-state index in [2.05, 4.69) is 13.8 Å². The first-order chi connectivity index (χ1) is 21.9. The summed E-state index contributed by atoms with van der Waals surface area (Å²) in [5, 5.41) is 0. The molecule has 0 unspecified atom stereocenters. The van der Waals surface area contributed by atoms with E-state index in [1.165, 1.54) is 75.6 Å². The van der Waals surface area contributed by atoms with Crippen molar-refractivity contribution in [3.8, 4) is 28.0 Å². The maximum absolute atomic E-state index is 15.2. The molecule has 0 radical (unpaired) electrons. The summed E-state index contributed by atoms with van der Waals surface area (Å²) in [5.41, 5.74) is 0.974. The number of hydrogen-bond donors (Lipinski definition) is 0. The van der Waals surface area contributed by atoms with Crippen LogP contribution < -0.4 is 4.74 Å². The van der Waals surface area contributed by atoms with Crippen LogP contribution >= 0.6 is 0 Å². The van der Waals surface area contributed by atoms with Crippen LogP contribution in [0.1, 0.15) is 109 Å². The lowest BCUT2D eigenvalue weighted by Gasteiger charge is -2.30. The summed E-state index contributed by atoms with van der Waals surface area (Å²) in [4.78, 5) is 0. The summed E-state index contributed by atoms with van der Waals surface area (Å²) in [5.74, 6) is -3.92. The Bertz CT molecular complexity index is 1320. The minimum absolute atomic E-state index is 0.0288. The quantitative estimate of drug-likeness (QED) is 0.104. The van der Waals surface area contributed by atoms with Crippen molar-refractivity contribution in [1.29, 1.82) is 0 Å². The largest absolute Gasteiger partial charge is 0.490 e. The number of halogens is 4. The third-order valence-corrected chi connectivity index (χ3v) is 8.61. The Morgan fingerprint density at radius 1 is 0.578 bits per heavy atom. The molecule has 1 aliphatic heterocycles. The van der Waals surface area contributed by atoms with Crippen LogP contribution in [-0.4, -0.2) is 19.8 Å². The smallest absolute Gasteiger partial charge is 0.201 e. The van der Waals surface area contributed by atoms with E-state index in [1.54, 1.807) is 24.3 Å². The van der Waals surface area contributed by atoms with Gasteiger partial charge in [0.2, 0.25) is 5.82 Å².